The Hall–Kier alpha value is -1.85. The molecular formula is C13H10Cl2N2O3. The Balaban J connectivity index is 2.50. The summed E-state index contributed by atoms with van der Waals surface area (Å²) in [6.45, 7) is 0. The van der Waals surface area contributed by atoms with Crippen LogP contribution in [0.1, 0.15) is 16.1 Å². The van der Waals surface area contributed by atoms with Gasteiger partial charge in [-0.05, 0) is 18.2 Å². The van der Waals surface area contributed by atoms with Crippen LogP contribution in [0.2, 0.25) is 10.0 Å². The number of ketones is 1. The number of nitrogens with zero attached hydrogens (tertiary/aromatic N) is 2. The highest BCUT2D eigenvalue weighted by molar-refractivity contribution is 6.36. The topological polar surface area (TPSA) is 61.3 Å². The number of hydrogen-bond donors (Lipinski definition) is 0. The maximum atomic E-state index is 12.4. The monoisotopic (exact) mass is 312 g/mol. The van der Waals surface area contributed by atoms with Gasteiger partial charge in [-0.3, -0.25) is 4.79 Å². The second kappa shape index (κ2) is 6.07. The summed E-state index contributed by atoms with van der Waals surface area (Å²) >= 11 is 11.9. The second-order valence-corrected chi connectivity index (χ2v) is 4.57. The molecule has 0 aliphatic carbocycles. The third-order valence-corrected chi connectivity index (χ3v) is 3.07. The number of ether oxygens (including phenoxy) is 2. The molecule has 0 bridgehead atoms. The van der Waals surface area contributed by atoms with Gasteiger partial charge in [0.25, 0.3) is 0 Å². The molecule has 0 saturated heterocycles. The third-order valence-electron chi connectivity index (χ3n) is 2.51. The van der Waals surface area contributed by atoms with Crippen LogP contribution in [-0.2, 0) is 0 Å². The summed E-state index contributed by atoms with van der Waals surface area (Å²) in [6, 6.07) is 4.61. The molecule has 2 aromatic rings. The van der Waals surface area contributed by atoms with E-state index in [0.717, 1.165) is 0 Å². The van der Waals surface area contributed by atoms with Crippen LogP contribution < -0.4 is 9.47 Å². The first-order valence-corrected chi connectivity index (χ1v) is 6.27. The van der Waals surface area contributed by atoms with Gasteiger partial charge in [0.1, 0.15) is 0 Å². The number of aromatic nitrogens is 2. The van der Waals surface area contributed by atoms with Crippen LogP contribution in [0.5, 0.6) is 11.8 Å². The van der Waals surface area contributed by atoms with Crippen molar-refractivity contribution in [3.8, 4) is 11.8 Å². The van der Waals surface area contributed by atoms with Crippen LogP contribution in [0, 0.1) is 0 Å². The molecule has 104 valence electrons. The minimum absolute atomic E-state index is 0.0393. The number of carbonyl (C=O) groups excluding carboxylic acids is 1. The van der Waals surface area contributed by atoms with Crippen LogP contribution in [0.15, 0.2) is 24.4 Å². The van der Waals surface area contributed by atoms with E-state index in [-0.39, 0.29) is 28.0 Å². The average molecular weight is 313 g/mol. The zero-order chi connectivity index (χ0) is 14.7. The molecule has 20 heavy (non-hydrogen) atoms. The Morgan fingerprint density at radius 1 is 1.20 bits per heavy atom. The Morgan fingerprint density at radius 3 is 2.60 bits per heavy atom. The summed E-state index contributed by atoms with van der Waals surface area (Å²) in [5, 5.41) is 0.678. The number of carbonyl (C=O) groups is 1. The van der Waals surface area contributed by atoms with E-state index in [0.29, 0.717) is 5.02 Å². The number of hydrogen-bond acceptors (Lipinski definition) is 5. The fourth-order valence-corrected chi connectivity index (χ4v) is 1.93. The molecule has 1 aromatic carbocycles. The average Bonchev–Trinajstić information content (AvgIpc) is 2.48. The zero-order valence-corrected chi connectivity index (χ0v) is 12.2. The molecule has 0 radical (unpaired) electrons. The SMILES string of the molecule is COc1cnc(C(=O)c2cc(Cl)ccc2Cl)c(OC)n1. The fraction of sp³-hybridized carbons (Fsp3) is 0.154. The number of benzene rings is 1. The van der Waals surface area contributed by atoms with E-state index in [9.17, 15) is 4.79 Å². The quantitative estimate of drug-likeness (QED) is 0.812. The Morgan fingerprint density at radius 2 is 1.95 bits per heavy atom. The van der Waals surface area contributed by atoms with Crippen molar-refractivity contribution < 1.29 is 14.3 Å². The lowest BCUT2D eigenvalue weighted by atomic mass is 10.1. The minimum Gasteiger partial charge on any atom is -0.480 e. The van der Waals surface area contributed by atoms with Gasteiger partial charge in [0, 0.05) is 10.6 Å². The van der Waals surface area contributed by atoms with E-state index in [1.165, 1.54) is 26.5 Å². The van der Waals surface area contributed by atoms with Gasteiger partial charge in [0.15, 0.2) is 5.69 Å². The van der Waals surface area contributed by atoms with Crippen molar-refractivity contribution in [2.24, 2.45) is 0 Å². The van der Waals surface area contributed by atoms with Gasteiger partial charge in [-0.1, -0.05) is 23.2 Å². The van der Waals surface area contributed by atoms with E-state index >= 15 is 0 Å². The van der Waals surface area contributed by atoms with E-state index < -0.39 is 5.78 Å². The smallest absolute Gasteiger partial charge is 0.247 e. The highest BCUT2D eigenvalue weighted by Gasteiger charge is 2.21. The molecule has 0 unspecified atom stereocenters. The lowest BCUT2D eigenvalue weighted by molar-refractivity contribution is 0.103. The van der Waals surface area contributed by atoms with E-state index in [2.05, 4.69) is 9.97 Å². The first kappa shape index (κ1) is 14.6. The van der Waals surface area contributed by atoms with Gasteiger partial charge >= 0.3 is 0 Å². The summed E-state index contributed by atoms with van der Waals surface area (Å²) in [5.41, 5.74) is 0.273. The Kier molecular flexibility index (Phi) is 4.42. The van der Waals surface area contributed by atoms with E-state index in [4.69, 9.17) is 32.7 Å². The summed E-state index contributed by atoms with van der Waals surface area (Å²) in [5.74, 6) is -0.120. The molecule has 0 fully saturated rings. The number of halogens is 2. The third kappa shape index (κ3) is 2.84. The highest BCUT2D eigenvalue weighted by Crippen LogP contribution is 2.26. The maximum absolute atomic E-state index is 12.4. The minimum atomic E-state index is -0.426. The van der Waals surface area contributed by atoms with Crippen molar-refractivity contribution in [2.45, 2.75) is 0 Å². The van der Waals surface area contributed by atoms with Crippen molar-refractivity contribution in [1.29, 1.82) is 0 Å². The second-order valence-electron chi connectivity index (χ2n) is 3.72. The van der Waals surface area contributed by atoms with Crippen LogP contribution in [0.3, 0.4) is 0 Å². The molecule has 2 rings (SSSR count). The lowest BCUT2D eigenvalue weighted by Crippen LogP contribution is -2.09. The standard InChI is InChI=1S/C13H10Cl2N2O3/c1-19-10-6-16-11(13(17-10)20-2)12(18)8-5-7(14)3-4-9(8)15/h3-6H,1-2H3. The summed E-state index contributed by atoms with van der Waals surface area (Å²) < 4.78 is 9.98. The molecule has 0 aliphatic heterocycles. The number of methoxy groups -OCH3 is 2. The molecule has 1 heterocycles. The molecule has 0 atom stereocenters. The van der Waals surface area contributed by atoms with Crippen LogP contribution in [-0.4, -0.2) is 30.0 Å². The summed E-state index contributed by atoms with van der Waals surface area (Å²) in [4.78, 5) is 20.4. The first-order chi connectivity index (χ1) is 9.56. The molecule has 0 aliphatic rings. The normalized spacial score (nSPS) is 10.2. The predicted octanol–water partition coefficient (Wildman–Crippen LogP) is 3.03. The summed E-state index contributed by atoms with van der Waals surface area (Å²) in [7, 11) is 2.83. The molecule has 0 saturated carbocycles. The van der Waals surface area contributed by atoms with Gasteiger partial charge in [-0.25, -0.2) is 4.98 Å². The molecule has 5 nitrogen and oxygen atoms in total. The van der Waals surface area contributed by atoms with Crippen molar-refractivity contribution in [3.05, 3.63) is 45.7 Å². The van der Waals surface area contributed by atoms with Crippen molar-refractivity contribution in [3.63, 3.8) is 0 Å². The van der Waals surface area contributed by atoms with E-state index in [1.807, 2.05) is 0 Å². The summed E-state index contributed by atoms with van der Waals surface area (Å²) in [6.07, 6.45) is 1.33. The molecule has 0 N–H and O–H groups in total. The van der Waals surface area contributed by atoms with Crippen molar-refractivity contribution >= 4 is 29.0 Å². The lowest BCUT2D eigenvalue weighted by Gasteiger charge is -2.08. The van der Waals surface area contributed by atoms with E-state index in [1.54, 1.807) is 12.1 Å². The molecule has 7 heteroatoms. The van der Waals surface area contributed by atoms with Gasteiger partial charge in [0.05, 0.1) is 25.4 Å². The first-order valence-electron chi connectivity index (χ1n) is 5.51. The predicted molar refractivity (Wildman–Crippen MR) is 75.0 cm³/mol. The highest BCUT2D eigenvalue weighted by atomic mass is 35.5. The van der Waals surface area contributed by atoms with Gasteiger partial charge in [-0.2, -0.15) is 4.98 Å². The van der Waals surface area contributed by atoms with Crippen molar-refractivity contribution in [2.75, 3.05) is 14.2 Å². The molecule has 0 amide bonds. The molecular weight excluding hydrogens is 303 g/mol. The van der Waals surface area contributed by atoms with Gasteiger partial charge < -0.3 is 9.47 Å². The largest absolute Gasteiger partial charge is 0.480 e. The van der Waals surface area contributed by atoms with Gasteiger partial charge in [0.2, 0.25) is 17.5 Å². The van der Waals surface area contributed by atoms with Gasteiger partial charge in [-0.15, -0.1) is 0 Å². The molecule has 1 aromatic heterocycles. The fourth-order valence-electron chi connectivity index (χ4n) is 1.55. The Bertz CT molecular complexity index is 662. The van der Waals surface area contributed by atoms with Crippen LogP contribution >= 0.6 is 23.2 Å². The Labute approximate surface area is 125 Å². The van der Waals surface area contributed by atoms with Crippen LogP contribution in [0.25, 0.3) is 0 Å². The zero-order valence-electron chi connectivity index (χ0n) is 10.7. The number of rotatable bonds is 4. The van der Waals surface area contributed by atoms with Crippen LogP contribution in [0.4, 0.5) is 0 Å². The van der Waals surface area contributed by atoms with Crippen molar-refractivity contribution in [1.82, 2.24) is 9.97 Å². The molecule has 0 spiro atoms. The maximum Gasteiger partial charge on any atom is 0.247 e.